The summed E-state index contributed by atoms with van der Waals surface area (Å²) in [6, 6.07) is 9.93. The van der Waals surface area contributed by atoms with E-state index in [4.69, 9.17) is 4.98 Å². The molecule has 0 unspecified atom stereocenters. The summed E-state index contributed by atoms with van der Waals surface area (Å²) in [7, 11) is 0. The van der Waals surface area contributed by atoms with E-state index in [-0.39, 0.29) is 17.7 Å². The Morgan fingerprint density at radius 1 is 1.07 bits per heavy atom. The molecule has 2 aliphatic rings. The van der Waals surface area contributed by atoms with Gasteiger partial charge >= 0.3 is 0 Å². The minimum Gasteiger partial charge on any atom is -0.343 e. The molecular formula is C23H28N4O2. The zero-order valence-electron chi connectivity index (χ0n) is 17.2. The van der Waals surface area contributed by atoms with Crippen LogP contribution in [0.3, 0.4) is 0 Å². The van der Waals surface area contributed by atoms with Gasteiger partial charge in [0.2, 0.25) is 11.8 Å². The molecule has 1 aromatic heterocycles. The summed E-state index contributed by atoms with van der Waals surface area (Å²) in [4.78, 5) is 37.8. The maximum Gasteiger partial charge on any atom is 0.230 e. The molecule has 2 aliphatic heterocycles. The van der Waals surface area contributed by atoms with E-state index in [1.165, 1.54) is 0 Å². The van der Waals surface area contributed by atoms with Crippen LogP contribution in [0.5, 0.6) is 0 Å². The Hall–Kier alpha value is -2.76. The van der Waals surface area contributed by atoms with Crippen LogP contribution >= 0.6 is 0 Å². The molecule has 152 valence electrons. The van der Waals surface area contributed by atoms with Gasteiger partial charge in [-0.3, -0.25) is 9.59 Å². The van der Waals surface area contributed by atoms with Crippen LogP contribution in [0.25, 0.3) is 0 Å². The fourth-order valence-corrected chi connectivity index (χ4v) is 4.33. The molecule has 0 saturated carbocycles. The van der Waals surface area contributed by atoms with Crippen molar-refractivity contribution in [3.63, 3.8) is 0 Å². The van der Waals surface area contributed by atoms with E-state index >= 15 is 0 Å². The minimum atomic E-state index is -0.149. The van der Waals surface area contributed by atoms with Crippen LogP contribution in [0.4, 0.5) is 0 Å². The highest BCUT2D eigenvalue weighted by Gasteiger charge is 2.28. The Bertz CT molecular complexity index is 891. The van der Waals surface area contributed by atoms with Gasteiger partial charge in [-0.15, -0.1) is 0 Å². The predicted octanol–water partition coefficient (Wildman–Crippen LogP) is 2.89. The second-order valence-electron chi connectivity index (χ2n) is 8.12. The number of aromatic nitrogens is 2. The second kappa shape index (κ2) is 8.31. The summed E-state index contributed by atoms with van der Waals surface area (Å²) in [5.41, 5.74) is 3.17. The number of carbonyl (C=O) groups excluding carboxylic acids is 2. The first-order chi connectivity index (χ1) is 14.0. The summed E-state index contributed by atoms with van der Waals surface area (Å²) in [6.45, 7) is 6.43. The molecule has 0 N–H and O–H groups in total. The third-order valence-electron chi connectivity index (χ3n) is 6.24. The molecule has 3 heterocycles. The number of likely N-dealkylation sites (tertiary alicyclic amines) is 1. The average molecular weight is 393 g/mol. The predicted molar refractivity (Wildman–Crippen MR) is 110 cm³/mol. The smallest absolute Gasteiger partial charge is 0.230 e. The van der Waals surface area contributed by atoms with Crippen LogP contribution in [0.15, 0.2) is 36.5 Å². The van der Waals surface area contributed by atoms with Crippen molar-refractivity contribution in [2.45, 2.75) is 51.5 Å². The van der Waals surface area contributed by atoms with Crippen LogP contribution in [0, 0.1) is 0 Å². The van der Waals surface area contributed by atoms with Gasteiger partial charge < -0.3 is 9.80 Å². The van der Waals surface area contributed by atoms with Crippen LogP contribution in [-0.4, -0.2) is 51.2 Å². The van der Waals surface area contributed by atoms with Gasteiger partial charge in [-0.25, -0.2) is 9.97 Å². The van der Waals surface area contributed by atoms with Crippen molar-refractivity contribution in [3.8, 4) is 0 Å². The molecule has 0 aliphatic carbocycles. The van der Waals surface area contributed by atoms with E-state index in [1.807, 2.05) is 53.3 Å². The Morgan fingerprint density at radius 3 is 2.48 bits per heavy atom. The molecule has 6 heteroatoms. The number of piperidine rings is 1. The average Bonchev–Trinajstić information content (AvgIpc) is 2.78. The van der Waals surface area contributed by atoms with Crippen LogP contribution in [-0.2, 0) is 22.6 Å². The molecule has 4 rings (SSSR count). The van der Waals surface area contributed by atoms with Gasteiger partial charge in [0, 0.05) is 57.2 Å². The van der Waals surface area contributed by atoms with Crippen molar-refractivity contribution in [1.82, 2.24) is 19.8 Å². The molecule has 1 atom stereocenters. The molecule has 1 fully saturated rings. The fraction of sp³-hybridized carbons (Fsp3) is 0.478. The zero-order valence-corrected chi connectivity index (χ0v) is 17.2. The van der Waals surface area contributed by atoms with Crippen molar-refractivity contribution in [2.24, 2.45) is 0 Å². The van der Waals surface area contributed by atoms with Gasteiger partial charge in [0.15, 0.2) is 0 Å². The second-order valence-corrected chi connectivity index (χ2v) is 8.12. The van der Waals surface area contributed by atoms with E-state index in [2.05, 4.69) is 4.98 Å². The Morgan fingerprint density at radius 2 is 1.79 bits per heavy atom. The summed E-state index contributed by atoms with van der Waals surface area (Å²) in [5, 5.41) is 0. The van der Waals surface area contributed by atoms with E-state index in [0.717, 1.165) is 55.0 Å². The minimum absolute atomic E-state index is 0.143. The lowest BCUT2D eigenvalue weighted by Gasteiger charge is -2.32. The van der Waals surface area contributed by atoms with Crippen molar-refractivity contribution in [1.29, 1.82) is 0 Å². The third kappa shape index (κ3) is 4.16. The van der Waals surface area contributed by atoms with Gasteiger partial charge in [-0.1, -0.05) is 30.3 Å². The van der Waals surface area contributed by atoms with Crippen molar-refractivity contribution in [2.75, 3.05) is 19.6 Å². The van der Waals surface area contributed by atoms with E-state index in [0.29, 0.717) is 19.0 Å². The van der Waals surface area contributed by atoms with Gasteiger partial charge in [0.1, 0.15) is 5.82 Å². The molecule has 0 spiro atoms. The van der Waals surface area contributed by atoms with Crippen LogP contribution < -0.4 is 0 Å². The van der Waals surface area contributed by atoms with Gasteiger partial charge in [-0.05, 0) is 25.3 Å². The Labute approximate surface area is 172 Å². The number of amides is 2. The maximum absolute atomic E-state index is 13.0. The number of fused-ring (bicyclic) bond motifs is 1. The van der Waals surface area contributed by atoms with Gasteiger partial charge in [-0.2, -0.15) is 0 Å². The van der Waals surface area contributed by atoms with Crippen LogP contribution in [0.2, 0.25) is 0 Å². The molecule has 2 amide bonds. The molecule has 29 heavy (non-hydrogen) atoms. The van der Waals surface area contributed by atoms with E-state index < -0.39 is 0 Å². The van der Waals surface area contributed by atoms with Crippen LogP contribution in [0.1, 0.15) is 61.2 Å². The number of carbonyl (C=O) groups is 2. The number of rotatable bonds is 3. The lowest BCUT2D eigenvalue weighted by atomic mass is 9.95. The topological polar surface area (TPSA) is 66.4 Å². The number of hydrogen-bond donors (Lipinski definition) is 0. The van der Waals surface area contributed by atoms with E-state index in [9.17, 15) is 9.59 Å². The number of benzene rings is 1. The summed E-state index contributed by atoms with van der Waals surface area (Å²) in [6.07, 6.45) is 4.50. The lowest BCUT2D eigenvalue weighted by molar-refractivity contribution is -0.133. The lowest BCUT2D eigenvalue weighted by Crippen LogP contribution is -2.39. The van der Waals surface area contributed by atoms with Gasteiger partial charge in [0.25, 0.3) is 0 Å². The normalized spacial score (nSPS) is 18.3. The zero-order chi connectivity index (χ0) is 20.4. The molecule has 2 aromatic rings. The largest absolute Gasteiger partial charge is 0.343 e. The highest BCUT2D eigenvalue weighted by molar-refractivity contribution is 5.83. The quantitative estimate of drug-likeness (QED) is 0.806. The molecule has 0 radical (unpaired) electrons. The highest BCUT2D eigenvalue weighted by Crippen LogP contribution is 2.28. The molecular weight excluding hydrogens is 364 g/mol. The highest BCUT2D eigenvalue weighted by atomic mass is 16.2. The monoisotopic (exact) mass is 392 g/mol. The first kappa shape index (κ1) is 19.6. The van der Waals surface area contributed by atoms with Crippen molar-refractivity contribution >= 4 is 11.8 Å². The van der Waals surface area contributed by atoms with E-state index in [1.54, 1.807) is 6.92 Å². The number of hydrogen-bond acceptors (Lipinski definition) is 4. The Kier molecular flexibility index (Phi) is 5.60. The first-order valence-electron chi connectivity index (χ1n) is 10.5. The molecule has 0 bridgehead atoms. The SMILES string of the molecule is CC(=O)N1CCC(c2ncc3c(n2)CCN(C(=O)[C@H](C)c2ccccc2)C3)CC1. The van der Waals surface area contributed by atoms with Gasteiger partial charge in [0.05, 0.1) is 11.6 Å². The first-order valence-corrected chi connectivity index (χ1v) is 10.5. The Balaban J connectivity index is 1.42. The fourth-order valence-electron chi connectivity index (χ4n) is 4.33. The van der Waals surface area contributed by atoms with Crippen molar-refractivity contribution in [3.05, 3.63) is 59.2 Å². The summed E-state index contributed by atoms with van der Waals surface area (Å²) >= 11 is 0. The number of nitrogens with zero attached hydrogens (tertiary/aromatic N) is 4. The standard InChI is InChI=1S/C23H28N4O2/c1-16(18-6-4-3-5-7-18)23(29)27-13-10-21-20(15-27)14-24-22(25-21)19-8-11-26(12-9-19)17(2)28/h3-7,14,16,19H,8-13,15H2,1-2H3/t16-/m1/s1. The molecule has 6 nitrogen and oxygen atoms in total. The third-order valence-corrected chi connectivity index (χ3v) is 6.24. The van der Waals surface area contributed by atoms with Crippen molar-refractivity contribution < 1.29 is 9.59 Å². The maximum atomic E-state index is 13.0. The summed E-state index contributed by atoms with van der Waals surface area (Å²) in [5.74, 6) is 1.36. The summed E-state index contributed by atoms with van der Waals surface area (Å²) < 4.78 is 0. The molecule has 1 saturated heterocycles. The molecule has 1 aromatic carbocycles.